The molecule has 0 unspecified atom stereocenters. The molecule has 0 aliphatic rings. The predicted molar refractivity (Wildman–Crippen MR) is 79.6 cm³/mol. The molecule has 0 saturated carbocycles. The molecular formula is C14H18N2O3S. The van der Waals surface area contributed by atoms with Gasteiger partial charge >= 0.3 is 5.97 Å². The van der Waals surface area contributed by atoms with Crippen molar-refractivity contribution in [2.45, 2.75) is 31.5 Å². The van der Waals surface area contributed by atoms with Crippen LogP contribution in [0.5, 0.6) is 5.75 Å². The summed E-state index contributed by atoms with van der Waals surface area (Å²) in [7, 11) is 1.62. The number of hydrogen-bond acceptors (Lipinski definition) is 4. The van der Waals surface area contributed by atoms with Crippen molar-refractivity contribution < 1.29 is 14.6 Å². The fourth-order valence-corrected chi connectivity index (χ4v) is 2.95. The van der Waals surface area contributed by atoms with E-state index in [0.29, 0.717) is 5.16 Å². The van der Waals surface area contributed by atoms with Gasteiger partial charge in [-0.15, -0.1) is 0 Å². The van der Waals surface area contributed by atoms with Gasteiger partial charge in [0.05, 0.1) is 23.9 Å². The van der Waals surface area contributed by atoms with E-state index >= 15 is 0 Å². The monoisotopic (exact) mass is 294 g/mol. The number of fused-ring (bicyclic) bond motifs is 1. The van der Waals surface area contributed by atoms with Gasteiger partial charge in [0, 0.05) is 11.6 Å². The minimum Gasteiger partial charge on any atom is -0.497 e. The van der Waals surface area contributed by atoms with Crippen LogP contribution in [-0.2, 0) is 10.3 Å². The number of methoxy groups -OCH3 is 1. The van der Waals surface area contributed by atoms with Crippen molar-refractivity contribution >= 4 is 28.8 Å². The van der Waals surface area contributed by atoms with Crippen molar-refractivity contribution in [2.24, 2.45) is 0 Å². The number of hydrogen-bond donors (Lipinski definition) is 1. The molecule has 0 bridgehead atoms. The first-order valence-electron chi connectivity index (χ1n) is 6.24. The van der Waals surface area contributed by atoms with Crippen LogP contribution in [0.2, 0.25) is 0 Å². The molecule has 5 nitrogen and oxygen atoms in total. The van der Waals surface area contributed by atoms with Crippen LogP contribution in [0.1, 0.15) is 20.8 Å². The van der Waals surface area contributed by atoms with E-state index in [2.05, 4.69) is 30.3 Å². The third-order valence-corrected chi connectivity index (χ3v) is 3.75. The van der Waals surface area contributed by atoms with Crippen molar-refractivity contribution in [3.63, 3.8) is 0 Å². The van der Waals surface area contributed by atoms with Crippen LogP contribution in [0.3, 0.4) is 0 Å². The summed E-state index contributed by atoms with van der Waals surface area (Å²) >= 11 is 1.23. The van der Waals surface area contributed by atoms with E-state index in [-0.39, 0.29) is 11.3 Å². The molecule has 0 radical (unpaired) electrons. The summed E-state index contributed by atoms with van der Waals surface area (Å²) in [5.41, 5.74) is 1.60. The highest BCUT2D eigenvalue weighted by molar-refractivity contribution is 7.99. The third kappa shape index (κ3) is 2.90. The number of benzene rings is 1. The van der Waals surface area contributed by atoms with Gasteiger partial charge in [0.25, 0.3) is 0 Å². The second-order valence-corrected chi connectivity index (χ2v) is 6.38. The maximum Gasteiger partial charge on any atom is 0.313 e. The number of thioether (sulfide) groups is 1. The highest BCUT2D eigenvalue weighted by atomic mass is 32.2. The number of carbonyl (C=O) groups is 1. The molecule has 20 heavy (non-hydrogen) atoms. The van der Waals surface area contributed by atoms with Gasteiger partial charge in [-0.3, -0.25) is 4.79 Å². The Morgan fingerprint density at radius 3 is 2.70 bits per heavy atom. The number of nitrogens with zero attached hydrogens (tertiary/aromatic N) is 2. The van der Waals surface area contributed by atoms with Crippen LogP contribution >= 0.6 is 11.8 Å². The Morgan fingerprint density at radius 1 is 1.45 bits per heavy atom. The Balaban J connectivity index is 2.58. The number of imidazole rings is 1. The van der Waals surface area contributed by atoms with Crippen LogP contribution in [0.25, 0.3) is 11.0 Å². The van der Waals surface area contributed by atoms with Gasteiger partial charge in [-0.25, -0.2) is 4.98 Å². The topological polar surface area (TPSA) is 64.3 Å². The summed E-state index contributed by atoms with van der Waals surface area (Å²) in [6.45, 7) is 6.20. The van der Waals surface area contributed by atoms with E-state index in [1.54, 1.807) is 7.11 Å². The van der Waals surface area contributed by atoms with E-state index in [1.807, 2.05) is 18.2 Å². The van der Waals surface area contributed by atoms with Crippen molar-refractivity contribution in [2.75, 3.05) is 12.9 Å². The fourth-order valence-electron chi connectivity index (χ4n) is 2.03. The molecule has 0 atom stereocenters. The summed E-state index contributed by atoms with van der Waals surface area (Å²) in [6.07, 6.45) is 0. The summed E-state index contributed by atoms with van der Waals surface area (Å²) in [6, 6.07) is 5.67. The van der Waals surface area contributed by atoms with E-state index in [1.165, 1.54) is 11.8 Å². The molecule has 108 valence electrons. The lowest BCUT2D eigenvalue weighted by Crippen LogP contribution is -2.22. The minimum atomic E-state index is -0.847. The maximum absolute atomic E-state index is 10.8. The minimum absolute atomic E-state index is 0.00344. The smallest absolute Gasteiger partial charge is 0.313 e. The van der Waals surface area contributed by atoms with Crippen LogP contribution in [-0.4, -0.2) is 33.5 Å². The Labute approximate surface area is 121 Å². The van der Waals surface area contributed by atoms with Gasteiger partial charge in [0.15, 0.2) is 5.16 Å². The maximum atomic E-state index is 10.8. The number of aliphatic carboxylic acids is 1. The zero-order valence-electron chi connectivity index (χ0n) is 12.0. The van der Waals surface area contributed by atoms with Gasteiger partial charge in [-0.1, -0.05) is 11.8 Å². The Kier molecular flexibility index (Phi) is 3.94. The largest absolute Gasteiger partial charge is 0.497 e. The standard InChI is InChI=1S/C14H18N2O3S/c1-14(2,3)16-11-7-9(19-4)5-6-10(11)15-13(16)20-8-12(17)18/h5-7H,8H2,1-4H3,(H,17,18). The quantitative estimate of drug-likeness (QED) is 0.878. The zero-order valence-corrected chi connectivity index (χ0v) is 12.8. The number of carboxylic acids is 1. The summed E-state index contributed by atoms with van der Waals surface area (Å²) in [4.78, 5) is 15.3. The van der Waals surface area contributed by atoms with Gasteiger partial charge in [0.1, 0.15) is 5.75 Å². The van der Waals surface area contributed by atoms with E-state index < -0.39 is 5.97 Å². The third-order valence-electron chi connectivity index (χ3n) is 2.83. The van der Waals surface area contributed by atoms with Gasteiger partial charge in [-0.2, -0.15) is 0 Å². The molecule has 0 fully saturated rings. The molecule has 0 spiro atoms. The number of ether oxygens (including phenoxy) is 1. The lowest BCUT2D eigenvalue weighted by molar-refractivity contribution is -0.133. The van der Waals surface area contributed by atoms with Gasteiger partial charge in [0.2, 0.25) is 0 Å². The lowest BCUT2D eigenvalue weighted by atomic mass is 10.1. The normalized spacial score (nSPS) is 11.8. The van der Waals surface area contributed by atoms with Crippen LogP contribution in [0.15, 0.2) is 23.4 Å². The Bertz CT molecular complexity index is 644. The van der Waals surface area contributed by atoms with Gasteiger partial charge < -0.3 is 14.4 Å². The average Bonchev–Trinajstić information content (AvgIpc) is 2.73. The average molecular weight is 294 g/mol. The molecule has 0 amide bonds. The van der Waals surface area contributed by atoms with Crippen LogP contribution < -0.4 is 4.74 Å². The molecule has 1 aromatic carbocycles. The van der Waals surface area contributed by atoms with Crippen molar-refractivity contribution in [1.82, 2.24) is 9.55 Å². The molecule has 0 aliphatic carbocycles. The number of rotatable bonds is 4. The van der Waals surface area contributed by atoms with Crippen LogP contribution in [0, 0.1) is 0 Å². The molecule has 1 N–H and O–H groups in total. The highest BCUT2D eigenvalue weighted by Crippen LogP contribution is 2.32. The van der Waals surface area contributed by atoms with Crippen LogP contribution in [0.4, 0.5) is 0 Å². The second kappa shape index (κ2) is 5.36. The van der Waals surface area contributed by atoms with Crippen molar-refractivity contribution in [3.8, 4) is 5.75 Å². The molecular weight excluding hydrogens is 276 g/mol. The number of carboxylic acid groups (broad SMARTS) is 1. The molecule has 1 aromatic heterocycles. The van der Waals surface area contributed by atoms with Crippen molar-refractivity contribution in [1.29, 1.82) is 0 Å². The Hall–Kier alpha value is -1.69. The molecule has 0 saturated heterocycles. The van der Waals surface area contributed by atoms with Crippen molar-refractivity contribution in [3.05, 3.63) is 18.2 Å². The predicted octanol–water partition coefficient (Wildman–Crippen LogP) is 2.98. The first-order valence-corrected chi connectivity index (χ1v) is 7.23. The molecule has 2 aromatic rings. The SMILES string of the molecule is COc1ccc2nc(SCC(=O)O)n(C(C)(C)C)c2c1. The first-order chi connectivity index (χ1) is 9.32. The molecule has 6 heteroatoms. The van der Waals surface area contributed by atoms with E-state index in [9.17, 15) is 4.79 Å². The highest BCUT2D eigenvalue weighted by Gasteiger charge is 2.22. The second-order valence-electron chi connectivity index (χ2n) is 5.44. The molecule has 1 heterocycles. The Morgan fingerprint density at radius 2 is 2.15 bits per heavy atom. The molecule has 2 rings (SSSR count). The summed E-state index contributed by atoms with van der Waals surface area (Å²) < 4.78 is 7.31. The summed E-state index contributed by atoms with van der Waals surface area (Å²) in [5, 5.41) is 9.56. The first kappa shape index (κ1) is 14.7. The number of aromatic nitrogens is 2. The van der Waals surface area contributed by atoms with E-state index in [0.717, 1.165) is 16.8 Å². The fraction of sp³-hybridized carbons (Fsp3) is 0.429. The molecule has 0 aliphatic heterocycles. The lowest BCUT2D eigenvalue weighted by Gasteiger charge is -2.24. The van der Waals surface area contributed by atoms with Gasteiger partial charge in [-0.05, 0) is 32.9 Å². The zero-order chi connectivity index (χ0) is 14.9. The van der Waals surface area contributed by atoms with E-state index in [4.69, 9.17) is 9.84 Å². The summed E-state index contributed by atoms with van der Waals surface area (Å²) in [5.74, 6) is -0.0888.